The molecule has 0 unspecified atom stereocenters. The van der Waals surface area contributed by atoms with Gasteiger partial charge in [0.1, 0.15) is 0 Å². The number of fused-ring (bicyclic) bond motifs is 1. The number of nitrogens with one attached hydrogen (secondary N) is 1. The number of nitrogens with zero attached hydrogens (tertiary/aromatic N) is 2. The molecule has 136 valence electrons. The third kappa shape index (κ3) is 3.96. The average molecular weight is 402 g/mol. The van der Waals surface area contributed by atoms with Crippen molar-refractivity contribution >= 4 is 40.9 Å². The molecule has 0 radical (unpaired) electrons. The van der Waals surface area contributed by atoms with Crippen molar-refractivity contribution in [3.8, 4) is 11.4 Å². The maximum Gasteiger partial charge on any atom is 0.338 e. The predicted molar refractivity (Wildman–Crippen MR) is 99.7 cm³/mol. The molecule has 3 aromatic rings. The highest BCUT2D eigenvalue weighted by molar-refractivity contribution is 8.00. The van der Waals surface area contributed by atoms with Crippen molar-refractivity contribution in [3.63, 3.8) is 0 Å². The van der Waals surface area contributed by atoms with Crippen LogP contribution >= 0.6 is 23.4 Å². The lowest BCUT2D eigenvalue weighted by molar-refractivity contribution is -0.113. The van der Waals surface area contributed by atoms with Crippen LogP contribution in [0.1, 0.15) is 16.2 Å². The van der Waals surface area contributed by atoms with Crippen molar-refractivity contribution in [1.29, 1.82) is 0 Å². The second-order valence-corrected chi connectivity index (χ2v) is 7.10. The Labute approximate surface area is 163 Å². The summed E-state index contributed by atoms with van der Waals surface area (Å²) in [4.78, 5) is 28.8. The second-order valence-electron chi connectivity index (χ2n) is 5.64. The number of rotatable bonds is 4. The van der Waals surface area contributed by atoms with Crippen LogP contribution in [0.2, 0.25) is 5.02 Å². The number of thioether (sulfide) groups is 1. The van der Waals surface area contributed by atoms with Gasteiger partial charge in [0, 0.05) is 15.5 Å². The summed E-state index contributed by atoms with van der Waals surface area (Å²) >= 11 is 7.28. The van der Waals surface area contributed by atoms with E-state index in [-0.39, 0.29) is 18.4 Å². The molecule has 1 aliphatic heterocycles. The number of hydrogen-bond acceptors (Lipinski definition) is 7. The molecule has 0 fully saturated rings. The van der Waals surface area contributed by atoms with Crippen molar-refractivity contribution in [2.75, 3.05) is 11.1 Å². The minimum atomic E-state index is -0.547. The Morgan fingerprint density at radius 1 is 1.26 bits per heavy atom. The molecular weight excluding hydrogens is 390 g/mol. The Morgan fingerprint density at radius 3 is 2.89 bits per heavy atom. The van der Waals surface area contributed by atoms with E-state index in [1.54, 1.807) is 42.5 Å². The average Bonchev–Trinajstić information content (AvgIpc) is 3.15. The van der Waals surface area contributed by atoms with E-state index in [0.29, 0.717) is 27.9 Å². The van der Waals surface area contributed by atoms with Gasteiger partial charge in [0.25, 0.3) is 5.89 Å². The van der Waals surface area contributed by atoms with Gasteiger partial charge in [-0.05, 0) is 42.5 Å². The molecule has 0 bridgehead atoms. The number of halogens is 1. The molecule has 7 nitrogen and oxygen atoms in total. The van der Waals surface area contributed by atoms with E-state index in [1.807, 2.05) is 0 Å². The zero-order chi connectivity index (χ0) is 18.8. The van der Waals surface area contributed by atoms with Crippen molar-refractivity contribution < 1.29 is 18.8 Å². The van der Waals surface area contributed by atoms with E-state index in [2.05, 4.69) is 15.5 Å². The minimum Gasteiger partial charge on any atom is -0.452 e. The number of benzene rings is 2. The molecule has 1 aromatic heterocycles. The monoisotopic (exact) mass is 401 g/mol. The fourth-order valence-corrected chi connectivity index (χ4v) is 3.36. The number of amides is 1. The minimum absolute atomic E-state index is 0.0985. The third-order valence-corrected chi connectivity index (χ3v) is 5.07. The Hall–Kier alpha value is -2.84. The van der Waals surface area contributed by atoms with Crippen LogP contribution in [0, 0.1) is 0 Å². The van der Waals surface area contributed by atoms with Gasteiger partial charge in [-0.25, -0.2) is 4.79 Å². The molecule has 0 spiro atoms. The normalized spacial score (nSPS) is 13.0. The van der Waals surface area contributed by atoms with Gasteiger partial charge in [-0.1, -0.05) is 16.8 Å². The zero-order valence-electron chi connectivity index (χ0n) is 13.8. The maximum absolute atomic E-state index is 12.3. The molecule has 1 amide bonds. The number of ether oxygens (including phenoxy) is 1. The number of esters is 1. The van der Waals surface area contributed by atoms with Crippen molar-refractivity contribution in [2.24, 2.45) is 0 Å². The van der Waals surface area contributed by atoms with E-state index < -0.39 is 5.97 Å². The molecule has 1 aliphatic rings. The van der Waals surface area contributed by atoms with Crippen LogP contribution in [-0.2, 0) is 16.1 Å². The SMILES string of the molecule is O=C1CSc2ccc(C(=O)OCc3nc(-c4ccc(Cl)cc4)no3)cc2N1. The summed E-state index contributed by atoms with van der Waals surface area (Å²) in [6.45, 7) is -0.155. The molecule has 9 heteroatoms. The lowest BCUT2D eigenvalue weighted by Crippen LogP contribution is -2.19. The number of anilines is 1. The van der Waals surface area contributed by atoms with E-state index in [9.17, 15) is 9.59 Å². The van der Waals surface area contributed by atoms with Crippen molar-refractivity contribution in [2.45, 2.75) is 11.5 Å². The van der Waals surface area contributed by atoms with Gasteiger partial charge in [-0.3, -0.25) is 4.79 Å². The van der Waals surface area contributed by atoms with Crippen LogP contribution in [0.25, 0.3) is 11.4 Å². The lowest BCUT2D eigenvalue weighted by Gasteiger charge is -2.16. The van der Waals surface area contributed by atoms with Crippen LogP contribution < -0.4 is 5.32 Å². The molecule has 0 saturated carbocycles. The Bertz CT molecular complexity index is 1020. The highest BCUT2D eigenvalue weighted by atomic mass is 35.5. The van der Waals surface area contributed by atoms with Gasteiger partial charge in [0.2, 0.25) is 11.7 Å². The van der Waals surface area contributed by atoms with Gasteiger partial charge in [0.05, 0.1) is 17.0 Å². The first-order valence-electron chi connectivity index (χ1n) is 7.91. The molecule has 0 atom stereocenters. The molecule has 2 heterocycles. The number of carbonyl (C=O) groups excluding carboxylic acids is 2. The zero-order valence-corrected chi connectivity index (χ0v) is 15.3. The van der Waals surface area contributed by atoms with Gasteiger partial charge in [-0.2, -0.15) is 4.98 Å². The van der Waals surface area contributed by atoms with Crippen LogP contribution in [0.5, 0.6) is 0 Å². The first kappa shape index (κ1) is 17.6. The van der Waals surface area contributed by atoms with Crippen LogP contribution in [0.3, 0.4) is 0 Å². The first-order chi connectivity index (χ1) is 13.1. The predicted octanol–water partition coefficient (Wildman–Crippen LogP) is 3.79. The summed E-state index contributed by atoms with van der Waals surface area (Å²) in [6.07, 6.45) is 0. The number of carbonyl (C=O) groups is 2. The highest BCUT2D eigenvalue weighted by Crippen LogP contribution is 2.32. The Morgan fingerprint density at radius 2 is 2.07 bits per heavy atom. The largest absolute Gasteiger partial charge is 0.452 e. The Balaban J connectivity index is 1.42. The maximum atomic E-state index is 12.3. The van der Waals surface area contributed by atoms with Crippen molar-refractivity contribution in [1.82, 2.24) is 10.1 Å². The van der Waals surface area contributed by atoms with Crippen LogP contribution in [0.15, 0.2) is 51.9 Å². The summed E-state index contributed by atoms with van der Waals surface area (Å²) in [5.41, 5.74) is 1.67. The summed E-state index contributed by atoms with van der Waals surface area (Å²) in [6, 6.07) is 12.0. The molecule has 0 aliphatic carbocycles. The smallest absolute Gasteiger partial charge is 0.338 e. The fraction of sp³-hybridized carbons (Fsp3) is 0.111. The standard InChI is InChI=1S/C18H12ClN3O4S/c19-12-4-1-10(2-5-12)17-21-16(26-22-17)8-25-18(24)11-3-6-14-13(7-11)20-15(23)9-27-14/h1-7H,8-9H2,(H,20,23). The summed E-state index contributed by atoms with van der Waals surface area (Å²) in [5.74, 6) is 0.276. The highest BCUT2D eigenvalue weighted by Gasteiger charge is 2.18. The molecule has 27 heavy (non-hydrogen) atoms. The van der Waals surface area contributed by atoms with Gasteiger partial charge >= 0.3 is 5.97 Å². The number of hydrogen-bond donors (Lipinski definition) is 1. The quantitative estimate of drug-likeness (QED) is 0.664. The van der Waals surface area contributed by atoms with E-state index in [0.717, 1.165) is 10.5 Å². The van der Waals surface area contributed by atoms with E-state index in [1.165, 1.54) is 11.8 Å². The molecule has 0 saturated heterocycles. The van der Waals surface area contributed by atoms with Gasteiger partial charge < -0.3 is 14.6 Å². The second kappa shape index (κ2) is 7.42. The lowest BCUT2D eigenvalue weighted by atomic mass is 10.2. The molecular formula is C18H12ClN3O4S. The summed E-state index contributed by atoms with van der Waals surface area (Å²) in [7, 11) is 0. The van der Waals surface area contributed by atoms with E-state index >= 15 is 0 Å². The number of aromatic nitrogens is 2. The molecule has 1 N–H and O–H groups in total. The molecule has 4 rings (SSSR count). The third-order valence-electron chi connectivity index (χ3n) is 3.75. The Kier molecular flexibility index (Phi) is 4.83. The summed E-state index contributed by atoms with van der Waals surface area (Å²) in [5, 5.41) is 7.21. The van der Waals surface area contributed by atoms with Crippen molar-refractivity contribution in [3.05, 3.63) is 58.9 Å². The summed E-state index contributed by atoms with van der Waals surface area (Å²) < 4.78 is 10.3. The van der Waals surface area contributed by atoms with Gasteiger partial charge in [-0.15, -0.1) is 11.8 Å². The van der Waals surface area contributed by atoms with Crippen LogP contribution in [-0.4, -0.2) is 27.8 Å². The fourth-order valence-electron chi connectivity index (χ4n) is 2.45. The van der Waals surface area contributed by atoms with Gasteiger partial charge in [0.15, 0.2) is 6.61 Å². The van der Waals surface area contributed by atoms with E-state index in [4.69, 9.17) is 20.9 Å². The van der Waals surface area contributed by atoms with Crippen LogP contribution in [0.4, 0.5) is 5.69 Å². The topological polar surface area (TPSA) is 94.3 Å². The molecule has 2 aromatic carbocycles. The first-order valence-corrected chi connectivity index (χ1v) is 9.27.